The maximum absolute atomic E-state index is 12.5. The highest BCUT2D eigenvalue weighted by Gasteiger charge is 2.23. The SMILES string of the molecule is CC(C)(C)CNc1cccc(C(=O)N2CCCC(O)C2)c1. The summed E-state index contributed by atoms with van der Waals surface area (Å²) in [7, 11) is 0. The van der Waals surface area contributed by atoms with Gasteiger partial charge in [-0.2, -0.15) is 0 Å². The molecule has 0 aliphatic carbocycles. The summed E-state index contributed by atoms with van der Waals surface area (Å²) in [5, 5.41) is 13.1. The standard InChI is InChI=1S/C17H26N2O2/c1-17(2,3)12-18-14-7-4-6-13(10-14)16(21)19-9-5-8-15(20)11-19/h4,6-7,10,15,18,20H,5,8-9,11-12H2,1-3H3. The average molecular weight is 290 g/mol. The number of aliphatic hydroxyl groups excluding tert-OH is 1. The van der Waals surface area contributed by atoms with Crippen LogP contribution in [0.4, 0.5) is 5.69 Å². The number of carbonyl (C=O) groups excluding carboxylic acids is 1. The van der Waals surface area contributed by atoms with E-state index in [-0.39, 0.29) is 17.4 Å². The van der Waals surface area contributed by atoms with E-state index in [1.54, 1.807) is 4.90 Å². The molecule has 1 aromatic rings. The predicted molar refractivity (Wildman–Crippen MR) is 85.5 cm³/mol. The quantitative estimate of drug-likeness (QED) is 0.900. The number of hydrogen-bond donors (Lipinski definition) is 2. The zero-order valence-electron chi connectivity index (χ0n) is 13.2. The molecule has 0 saturated carbocycles. The van der Waals surface area contributed by atoms with Crippen LogP contribution in [0.15, 0.2) is 24.3 Å². The second kappa shape index (κ2) is 6.48. The smallest absolute Gasteiger partial charge is 0.254 e. The zero-order chi connectivity index (χ0) is 15.5. The van der Waals surface area contributed by atoms with Crippen LogP contribution in [-0.2, 0) is 0 Å². The Morgan fingerprint density at radius 2 is 2.19 bits per heavy atom. The summed E-state index contributed by atoms with van der Waals surface area (Å²) in [6.45, 7) is 8.54. The average Bonchev–Trinajstić information content (AvgIpc) is 2.44. The van der Waals surface area contributed by atoms with E-state index in [1.807, 2.05) is 24.3 Å². The molecule has 1 fully saturated rings. The van der Waals surface area contributed by atoms with E-state index in [0.29, 0.717) is 12.1 Å². The zero-order valence-corrected chi connectivity index (χ0v) is 13.2. The van der Waals surface area contributed by atoms with E-state index in [4.69, 9.17) is 0 Å². The molecule has 0 spiro atoms. The molecule has 2 rings (SSSR count). The highest BCUT2D eigenvalue weighted by Crippen LogP contribution is 2.19. The minimum Gasteiger partial charge on any atom is -0.391 e. The first-order valence-electron chi connectivity index (χ1n) is 7.66. The summed E-state index contributed by atoms with van der Waals surface area (Å²) in [5.41, 5.74) is 1.84. The third-order valence-corrected chi connectivity index (χ3v) is 3.62. The van der Waals surface area contributed by atoms with Crippen LogP contribution in [0.5, 0.6) is 0 Å². The molecule has 1 saturated heterocycles. The first-order valence-corrected chi connectivity index (χ1v) is 7.66. The largest absolute Gasteiger partial charge is 0.391 e. The van der Waals surface area contributed by atoms with Crippen molar-refractivity contribution in [3.8, 4) is 0 Å². The number of anilines is 1. The van der Waals surface area contributed by atoms with Crippen LogP contribution in [0.25, 0.3) is 0 Å². The van der Waals surface area contributed by atoms with Crippen LogP contribution in [0.1, 0.15) is 44.0 Å². The monoisotopic (exact) mass is 290 g/mol. The Morgan fingerprint density at radius 1 is 1.43 bits per heavy atom. The van der Waals surface area contributed by atoms with E-state index in [1.165, 1.54) is 0 Å². The minimum absolute atomic E-state index is 0.00755. The van der Waals surface area contributed by atoms with Crippen molar-refractivity contribution in [2.45, 2.75) is 39.7 Å². The second-order valence-corrected chi connectivity index (χ2v) is 7.04. The highest BCUT2D eigenvalue weighted by atomic mass is 16.3. The highest BCUT2D eigenvalue weighted by molar-refractivity contribution is 5.95. The van der Waals surface area contributed by atoms with Gasteiger partial charge < -0.3 is 15.3 Å². The normalized spacial score (nSPS) is 19.4. The summed E-state index contributed by atoms with van der Waals surface area (Å²) < 4.78 is 0. The maximum atomic E-state index is 12.5. The van der Waals surface area contributed by atoms with Crippen LogP contribution in [-0.4, -0.2) is 41.7 Å². The molecule has 1 aromatic carbocycles. The van der Waals surface area contributed by atoms with E-state index in [0.717, 1.165) is 31.6 Å². The number of piperidine rings is 1. The molecule has 2 N–H and O–H groups in total. The summed E-state index contributed by atoms with van der Waals surface area (Å²) in [6.07, 6.45) is 1.27. The number of rotatable bonds is 3. The fourth-order valence-corrected chi connectivity index (χ4v) is 2.45. The molecule has 21 heavy (non-hydrogen) atoms. The van der Waals surface area contributed by atoms with Crippen LogP contribution in [0, 0.1) is 5.41 Å². The molecule has 0 bridgehead atoms. The van der Waals surface area contributed by atoms with Gasteiger partial charge in [0.15, 0.2) is 0 Å². The lowest BCUT2D eigenvalue weighted by Gasteiger charge is -2.30. The van der Waals surface area contributed by atoms with Crippen molar-refractivity contribution < 1.29 is 9.90 Å². The van der Waals surface area contributed by atoms with Crippen LogP contribution < -0.4 is 5.32 Å². The van der Waals surface area contributed by atoms with Gasteiger partial charge in [-0.15, -0.1) is 0 Å². The number of nitrogens with zero attached hydrogens (tertiary/aromatic N) is 1. The van der Waals surface area contributed by atoms with Crippen molar-refractivity contribution in [3.05, 3.63) is 29.8 Å². The van der Waals surface area contributed by atoms with Gasteiger partial charge in [0.25, 0.3) is 5.91 Å². The third-order valence-electron chi connectivity index (χ3n) is 3.62. The van der Waals surface area contributed by atoms with E-state index >= 15 is 0 Å². The van der Waals surface area contributed by atoms with Gasteiger partial charge in [-0.05, 0) is 36.5 Å². The Bertz CT molecular complexity index is 494. The summed E-state index contributed by atoms with van der Waals surface area (Å²) in [4.78, 5) is 14.2. The van der Waals surface area contributed by atoms with Crippen molar-refractivity contribution in [1.82, 2.24) is 4.90 Å². The van der Waals surface area contributed by atoms with Gasteiger partial charge in [-0.3, -0.25) is 4.79 Å². The molecule has 0 radical (unpaired) electrons. The summed E-state index contributed by atoms with van der Waals surface area (Å²) in [6, 6.07) is 7.62. The van der Waals surface area contributed by atoms with Crippen LogP contribution in [0.2, 0.25) is 0 Å². The van der Waals surface area contributed by atoms with E-state index < -0.39 is 0 Å². The molecule has 1 aliphatic heterocycles. The van der Waals surface area contributed by atoms with E-state index in [9.17, 15) is 9.90 Å². The molecular formula is C17H26N2O2. The van der Waals surface area contributed by atoms with Gasteiger partial charge in [0.05, 0.1) is 6.10 Å². The lowest BCUT2D eigenvalue weighted by molar-refractivity contribution is 0.0474. The summed E-state index contributed by atoms with van der Waals surface area (Å²) >= 11 is 0. The molecule has 4 heteroatoms. The summed E-state index contributed by atoms with van der Waals surface area (Å²) in [5.74, 6) is 0.00755. The number of β-amino-alcohol motifs (C(OH)–C–C–N with tert-alkyl or cyclic N) is 1. The molecule has 1 atom stereocenters. The minimum atomic E-state index is -0.384. The number of likely N-dealkylation sites (tertiary alicyclic amines) is 1. The molecule has 0 aromatic heterocycles. The molecule has 4 nitrogen and oxygen atoms in total. The maximum Gasteiger partial charge on any atom is 0.254 e. The van der Waals surface area contributed by atoms with Crippen molar-refractivity contribution >= 4 is 11.6 Å². The Balaban J connectivity index is 2.04. The van der Waals surface area contributed by atoms with Gasteiger partial charge in [-0.25, -0.2) is 0 Å². The van der Waals surface area contributed by atoms with Crippen molar-refractivity contribution in [2.24, 2.45) is 5.41 Å². The molecular weight excluding hydrogens is 264 g/mol. The van der Waals surface area contributed by atoms with Gasteiger partial charge >= 0.3 is 0 Å². The predicted octanol–water partition coefficient (Wildman–Crippen LogP) is 2.74. The lowest BCUT2D eigenvalue weighted by atomic mass is 9.97. The number of amides is 1. The third kappa shape index (κ3) is 4.74. The number of hydrogen-bond acceptors (Lipinski definition) is 3. The first-order chi connectivity index (χ1) is 9.85. The molecule has 116 valence electrons. The number of nitrogens with one attached hydrogen (secondary N) is 1. The fraction of sp³-hybridized carbons (Fsp3) is 0.588. The number of benzene rings is 1. The van der Waals surface area contributed by atoms with Crippen molar-refractivity contribution in [2.75, 3.05) is 25.0 Å². The van der Waals surface area contributed by atoms with Crippen molar-refractivity contribution in [3.63, 3.8) is 0 Å². The van der Waals surface area contributed by atoms with E-state index in [2.05, 4.69) is 26.1 Å². The first kappa shape index (κ1) is 15.8. The van der Waals surface area contributed by atoms with Gasteiger partial charge in [-0.1, -0.05) is 26.8 Å². The van der Waals surface area contributed by atoms with Crippen LogP contribution in [0.3, 0.4) is 0 Å². The molecule has 1 aliphatic rings. The Labute approximate surface area is 127 Å². The molecule has 1 amide bonds. The molecule has 1 unspecified atom stereocenters. The lowest BCUT2D eigenvalue weighted by Crippen LogP contribution is -2.42. The fourth-order valence-electron chi connectivity index (χ4n) is 2.45. The topological polar surface area (TPSA) is 52.6 Å². The Kier molecular flexibility index (Phi) is 4.88. The van der Waals surface area contributed by atoms with Crippen molar-refractivity contribution in [1.29, 1.82) is 0 Å². The van der Waals surface area contributed by atoms with Crippen LogP contribution >= 0.6 is 0 Å². The Morgan fingerprint density at radius 3 is 2.86 bits per heavy atom. The van der Waals surface area contributed by atoms with Gasteiger partial charge in [0, 0.05) is 30.9 Å². The second-order valence-electron chi connectivity index (χ2n) is 7.04. The number of carbonyl (C=O) groups is 1. The van der Waals surface area contributed by atoms with Gasteiger partial charge in [0.1, 0.15) is 0 Å². The number of aliphatic hydroxyl groups is 1. The van der Waals surface area contributed by atoms with Gasteiger partial charge in [0.2, 0.25) is 0 Å². The molecule has 1 heterocycles. The Hall–Kier alpha value is -1.55.